The Balaban J connectivity index is 2.33. The maximum Gasteiger partial charge on any atom is 0.351 e. The van der Waals surface area contributed by atoms with Crippen LogP contribution in [0.1, 0.15) is 13.3 Å². The lowest BCUT2D eigenvalue weighted by atomic mass is 10.2. The van der Waals surface area contributed by atoms with Crippen LogP contribution in [0.15, 0.2) is 39.8 Å². The fraction of sp³-hybridized carbons (Fsp3) is 0.286. The summed E-state index contributed by atoms with van der Waals surface area (Å²) < 4.78 is 5.04. The van der Waals surface area contributed by atoms with E-state index >= 15 is 0 Å². The number of carbonyl (C=O) groups is 1. The second-order valence-corrected chi connectivity index (χ2v) is 5.09. The van der Waals surface area contributed by atoms with Gasteiger partial charge in [-0.05, 0) is 18.6 Å². The van der Waals surface area contributed by atoms with Crippen LogP contribution in [-0.2, 0) is 9.53 Å². The van der Waals surface area contributed by atoms with Gasteiger partial charge in [0.05, 0.1) is 12.3 Å². The molecule has 2 rings (SSSR count). The summed E-state index contributed by atoms with van der Waals surface area (Å²) in [6.45, 7) is 2.25. The SMILES string of the molecule is CCCOC(=O)/C(C#N)=C1/Sc2ccccc2N1C. The van der Waals surface area contributed by atoms with Crippen molar-refractivity contribution in [3.05, 3.63) is 34.9 Å². The predicted octanol–water partition coefficient (Wildman–Crippen LogP) is 2.92. The van der Waals surface area contributed by atoms with Crippen molar-refractivity contribution < 1.29 is 9.53 Å². The number of anilines is 1. The first kappa shape index (κ1) is 13.5. The number of nitriles is 1. The van der Waals surface area contributed by atoms with Crippen LogP contribution in [0.3, 0.4) is 0 Å². The normalized spacial score (nSPS) is 15.7. The second-order valence-electron chi connectivity index (χ2n) is 4.06. The summed E-state index contributed by atoms with van der Waals surface area (Å²) in [5.74, 6) is -0.550. The zero-order chi connectivity index (χ0) is 13.8. The predicted molar refractivity (Wildman–Crippen MR) is 74.6 cm³/mol. The van der Waals surface area contributed by atoms with E-state index in [0.717, 1.165) is 17.0 Å². The van der Waals surface area contributed by atoms with Gasteiger partial charge in [-0.2, -0.15) is 5.26 Å². The minimum Gasteiger partial charge on any atom is -0.462 e. The fourth-order valence-electron chi connectivity index (χ4n) is 1.77. The van der Waals surface area contributed by atoms with Crippen LogP contribution in [0.5, 0.6) is 0 Å². The van der Waals surface area contributed by atoms with E-state index in [1.54, 1.807) is 0 Å². The Hall–Kier alpha value is -1.93. The van der Waals surface area contributed by atoms with Crippen molar-refractivity contribution in [1.82, 2.24) is 0 Å². The quantitative estimate of drug-likeness (QED) is 0.482. The molecule has 0 aromatic heterocycles. The third-order valence-corrected chi connectivity index (χ3v) is 3.94. The van der Waals surface area contributed by atoms with Crippen LogP contribution in [0, 0.1) is 11.3 Å². The van der Waals surface area contributed by atoms with Gasteiger partial charge in [-0.25, -0.2) is 4.79 Å². The molecule has 0 spiro atoms. The van der Waals surface area contributed by atoms with E-state index in [9.17, 15) is 10.1 Å². The Morgan fingerprint density at radius 3 is 2.84 bits per heavy atom. The van der Waals surface area contributed by atoms with E-state index in [2.05, 4.69) is 0 Å². The first-order valence-electron chi connectivity index (χ1n) is 6.01. The third-order valence-electron chi connectivity index (χ3n) is 2.70. The largest absolute Gasteiger partial charge is 0.462 e. The zero-order valence-corrected chi connectivity index (χ0v) is 11.7. The van der Waals surface area contributed by atoms with Crippen LogP contribution in [0.2, 0.25) is 0 Å². The number of hydrogen-bond acceptors (Lipinski definition) is 5. The molecular formula is C14H14N2O2S. The average molecular weight is 274 g/mol. The van der Waals surface area contributed by atoms with Crippen molar-refractivity contribution in [2.45, 2.75) is 18.2 Å². The molecule has 5 heteroatoms. The lowest BCUT2D eigenvalue weighted by Crippen LogP contribution is -2.17. The summed E-state index contributed by atoms with van der Waals surface area (Å²) in [6.07, 6.45) is 0.739. The highest BCUT2D eigenvalue weighted by atomic mass is 32.2. The first-order chi connectivity index (χ1) is 9.19. The van der Waals surface area contributed by atoms with Gasteiger partial charge in [0.1, 0.15) is 11.1 Å². The van der Waals surface area contributed by atoms with Gasteiger partial charge in [0, 0.05) is 11.9 Å². The molecule has 1 aromatic carbocycles. The number of carbonyl (C=O) groups excluding carboxylic acids is 1. The minimum atomic E-state index is -0.550. The number of thioether (sulfide) groups is 1. The van der Waals surface area contributed by atoms with E-state index in [1.807, 2.05) is 49.2 Å². The lowest BCUT2D eigenvalue weighted by Gasteiger charge is -2.14. The van der Waals surface area contributed by atoms with E-state index < -0.39 is 5.97 Å². The third kappa shape index (κ3) is 2.59. The topological polar surface area (TPSA) is 53.3 Å². The van der Waals surface area contributed by atoms with Gasteiger partial charge >= 0.3 is 5.97 Å². The van der Waals surface area contributed by atoms with Crippen molar-refractivity contribution in [1.29, 1.82) is 5.26 Å². The molecule has 98 valence electrons. The number of fused-ring (bicyclic) bond motifs is 1. The molecule has 4 nitrogen and oxygen atoms in total. The fourth-order valence-corrected chi connectivity index (χ4v) is 2.90. The van der Waals surface area contributed by atoms with Crippen LogP contribution in [-0.4, -0.2) is 19.6 Å². The van der Waals surface area contributed by atoms with Crippen LogP contribution < -0.4 is 4.90 Å². The number of para-hydroxylation sites is 1. The summed E-state index contributed by atoms with van der Waals surface area (Å²) in [5, 5.41) is 9.83. The summed E-state index contributed by atoms with van der Waals surface area (Å²) in [7, 11) is 1.85. The van der Waals surface area contributed by atoms with Gasteiger partial charge in [0.15, 0.2) is 5.57 Å². The van der Waals surface area contributed by atoms with E-state index in [-0.39, 0.29) is 5.57 Å². The van der Waals surface area contributed by atoms with Crippen molar-refractivity contribution in [3.8, 4) is 6.07 Å². The molecule has 0 amide bonds. The van der Waals surface area contributed by atoms with Gasteiger partial charge in [-0.1, -0.05) is 30.8 Å². The molecule has 0 bridgehead atoms. The van der Waals surface area contributed by atoms with Gasteiger partial charge in [-0.15, -0.1) is 0 Å². The molecule has 0 radical (unpaired) electrons. The standard InChI is InChI=1S/C14H14N2O2S/c1-3-8-18-14(17)10(9-15)13-16(2)11-6-4-5-7-12(11)19-13/h4-7H,3,8H2,1-2H3/b13-10+. The molecule has 1 aromatic rings. The van der Waals surface area contributed by atoms with E-state index in [0.29, 0.717) is 11.6 Å². The van der Waals surface area contributed by atoms with Gasteiger partial charge in [-0.3, -0.25) is 0 Å². The molecule has 1 aliphatic rings. The summed E-state index contributed by atoms with van der Waals surface area (Å²) >= 11 is 1.42. The van der Waals surface area contributed by atoms with Crippen molar-refractivity contribution >= 4 is 23.4 Å². The molecule has 0 fully saturated rings. The maximum atomic E-state index is 11.9. The number of ether oxygens (including phenoxy) is 1. The van der Waals surface area contributed by atoms with Gasteiger partial charge in [0.25, 0.3) is 0 Å². The Kier molecular flexibility index (Phi) is 4.13. The summed E-state index contributed by atoms with van der Waals surface area (Å²) in [4.78, 5) is 14.8. The second kappa shape index (κ2) is 5.81. The van der Waals surface area contributed by atoms with Crippen molar-refractivity contribution in [2.24, 2.45) is 0 Å². The van der Waals surface area contributed by atoms with Crippen LogP contribution >= 0.6 is 11.8 Å². The number of hydrogen-bond donors (Lipinski definition) is 0. The number of nitrogens with zero attached hydrogens (tertiary/aromatic N) is 2. The monoisotopic (exact) mass is 274 g/mol. The highest BCUT2D eigenvalue weighted by Gasteiger charge is 2.28. The smallest absolute Gasteiger partial charge is 0.351 e. The molecule has 0 saturated carbocycles. The van der Waals surface area contributed by atoms with Crippen LogP contribution in [0.4, 0.5) is 5.69 Å². The van der Waals surface area contributed by atoms with E-state index in [4.69, 9.17) is 4.74 Å². The molecular weight excluding hydrogens is 260 g/mol. The van der Waals surface area contributed by atoms with Crippen LogP contribution in [0.25, 0.3) is 0 Å². The molecule has 0 aliphatic carbocycles. The van der Waals surface area contributed by atoms with Crippen molar-refractivity contribution in [3.63, 3.8) is 0 Å². The Morgan fingerprint density at radius 2 is 2.21 bits per heavy atom. The van der Waals surface area contributed by atoms with Gasteiger partial charge in [0.2, 0.25) is 0 Å². The average Bonchev–Trinajstić information content (AvgIpc) is 2.75. The number of benzene rings is 1. The Morgan fingerprint density at radius 1 is 1.47 bits per heavy atom. The number of rotatable bonds is 3. The summed E-state index contributed by atoms with van der Waals surface area (Å²) in [5.41, 5.74) is 1.07. The minimum absolute atomic E-state index is 0.0668. The molecule has 1 aliphatic heterocycles. The first-order valence-corrected chi connectivity index (χ1v) is 6.82. The van der Waals surface area contributed by atoms with Crippen molar-refractivity contribution in [2.75, 3.05) is 18.6 Å². The lowest BCUT2D eigenvalue weighted by molar-refractivity contribution is -0.138. The molecule has 0 unspecified atom stereocenters. The highest BCUT2D eigenvalue weighted by Crippen LogP contribution is 2.46. The number of esters is 1. The highest BCUT2D eigenvalue weighted by molar-refractivity contribution is 8.03. The summed E-state index contributed by atoms with van der Waals surface area (Å²) in [6, 6.07) is 9.75. The molecule has 1 heterocycles. The maximum absolute atomic E-state index is 11.9. The van der Waals surface area contributed by atoms with E-state index in [1.165, 1.54) is 11.8 Å². The molecule has 0 N–H and O–H groups in total. The Bertz CT molecular complexity index is 575. The molecule has 0 atom stereocenters. The van der Waals surface area contributed by atoms with Gasteiger partial charge < -0.3 is 9.64 Å². The molecule has 19 heavy (non-hydrogen) atoms. The molecule has 0 saturated heterocycles. The Labute approximate surface area is 116 Å². The zero-order valence-electron chi connectivity index (χ0n) is 10.8.